The number of carbonyl (C=O) groups excluding carboxylic acids is 1. The Hall–Kier alpha value is -3.47. The number of rotatable bonds is 9. The standard InChI is InChI=1S/C20H27N7O4/c1-7-12(4)25-29-16(28)15-18(10-21)17(23)24-20(19(15,18)11-22,30-26-13(5)8-2)31-27-14(6)9-3/h15H,7-9H2,1-6H3,(H2,23,24)/b25-12-,26-13+,27-14+. The summed E-state index contributed by atoms with van der Waals surface area (Å²) in [6.45, 7) is 10.6. The summed E-state index contributed by atoms with van der Waals surface area (Å²) in [5.74, 6) is -4.79. The molecular formula is C20H27N7O4. The summed E-state index contributed by atoms with van der Waals surface area (Å²) < 4.78 is 0. The van der Waals surface area contributed by atoms with Crippen LogP contribution in [-0.4, -0.2) is 34.9 Å². The van der Waals surface area contributed by atoms with Crippen molar-refractivity contribution in [1.29, 1.82) is 10.5 Å². The second-order valence-electron chi connectivity index (χ2n) is 7.48. The van der Waals surface area contributed by atoms with E-state index in [9.17, 15) is 15.3 Å². The van der Waals surface area contributed by atoms with E-state index in [1.165, 1.54) is 0 Å². The number of oxime groups is 3. The Balaban J connectivity index is 2.62. The van der Waals surface area contributed by atoms with Crippen LogP contribution >= 0.6 is 0 Å². The number of hydrogen-bond donors (Lipinski definition) is 1. The smallest absolute Gasteiger partial charge is 0.386 e. The first-order valence-corrected chi connectivity index (χ1v) is 10.0. The van der Waals surface area contributed by atoms with Gasteiger partial charge in [-0.15, -0.1) is 0 Å². The molecule has 0 spiro atoms. The molecule has 0 aromatic rings. The van der Waals surface area contributed by atoms with Crippen molar-refractivity contribution < 1.29 is 19.3 Å². The van der Waals surface area contributed by atoms with E-state index in [-0.39, 0.29) is 5.84 Å². The first-order chi connectivity index (χ1) is 14.7. The molecule has 166 valence electrons. The van der Waals surface area contributed by atoms with Gasteiger partial charge in [-0.2, -0.15) is 15.5 Å². The quantitative estimate of drug-likeness (QED) is 0.254. The highest BCUT2D eigenvalue weighted by Gasteiger charge is 2.99. The zero-order valence-corrected chi connectivity index (χ0v) is 18.6. The van der Waals surface area contributed by atoms with Crippen LogP contribution in [0.15, 0.2) is 20.5 Å². The molecule has 0 aromatic carbocycles. The second kappa shape index (κ2) is 8.72. The highest BCUT2D eigenvalue weighted by atomic mass is 16.8. The minimum absolute atomic E-state index is 0.289. The summed E-state index contributed by atoms with van der Waals surface area (Å²) >= 11 is 0. The van der Waals surface area contributed by atoms with E-state index in [0.29, 0.717) is 36.4 Å². The Kier molecular flexibility index (Phi) is 6.70. The molecule has 1 aliphatic carbocycles. The van der Waals surface area contributed by atoms with Crippen molar-refractivity contribution in [3.8, 4) is 12.1 Å². The lowest BCUT2D eigenvalue weighted by molar-refractivity contribution is -0.263. The van der Waals surface area contributed by atoms with Crippen molar-refractivity contribution in [1.82, 2.24) is 0 Å². The highest BCUT2D eigenvalue weighted by molar-refractivity contribution is 6.05. The molecule has 1 aliphatic heterocycles. The SMILES string of the molecule is CC/C(C)=N\OC(=O)C1C2(C#N)C(N)=NC(O/N=C(\C)CC)(O/N=C(\C)CC)C12C#N. The lowest BCUT2D eigenvalue weighted by Gasteiger charge is -2.27. The molecule has 11 nitrogen and oxygen atoms in total. The van der Waals surface area contributed by atoms with Crippen LogP contribution in [0.1, 0.15) is 60.8 Å². The Bertz CT molecular complexity index is 934. The molecule has 11 heteroatoms. The predicted octanol–water partition coefficient (Wildman–Crippen LogP) is 2.59. The summed E-state index contributed by atoms with van der Waals surface area (Å²) in [4.78, 5) is 33.2. The molecule has 0 radical (unpaired) electrons. The van der Waals surface area contributed by atoms with Gasteiger partial charge in [0, 0.05) is 0 Å². The van der Waals surface area contributed by atoms with Crippen LogP contribution < -0.4 is 5.73 Å². The van der Waals surface area contributed by atoms with Crippen LogP contribution in [0, 0.1) is 39.4 Å². The third-order valence-corrected chi connectivity index (χ3v) is 5.64. The van der Waals surface area contributed by atoms with Crippen LogP contribution in [-0.2, 0) is 19.3 Å². The van der Waals surface area contributed by atoms with Gasteiger partial charge in [0.15, 0.2) is 5.41 Å². The summed E-state index contributed by atoms with van der Waals surface area (Å²) in [7, 11) is 0. The van der Waals surface area contributed by atoms with Crippen molar-refractivity contribution >= 4 is 28.9 Å². The normalized spacial score (nSPS) is 29.2. The molecule has 3 atom stereocenters. The minimum atomic E-state index is -2.23. The van der Waals surface area contributed by atoms with E-state index in [0.717, 1.165) is 0 Å². The molecule has 0 amide bonds. The van der Waals surface area contributed by atoms with E-state index >= 15 is 0 Å². The molecular weight excluding hydrogens is 402 g/mol. The van der Waals surface area contributed by atoms with E-state index in [1.807, 2.05) is 32.9 Å². The van der Waals surface area contributed by atoms with Crippen LogP contribution in [0.2, 0.25) is 0 Å². The Morgan fingerprint density at radius 2 is 1.48 bits per heavy atom. The van der Waals surface area contributed by atoms with Gasteiger partial charge in [-0.3, -0.25) is 0 Å². The third-order valence-electron chi connectivity index (χ3n) is 5.64. The fourth-order valence-electron chi connectivity index (χ4n) is 3.23. The van der Waals surface area contributed by atoms with Gasteiger partial charge in [0.25, 0.3) is 0 Å². The van der Waals surface area contributed by atoms with Gasteiger partial charge in [0.1, 0.15) is 11.8 Å². The fourth-order valence-corrected chi connectivity index (χ4v) is 3.23. The maximum atomic E-state index is 12.9. The Labute approximate surface area is 181 Å². The van der Waals surface area contributed by atoms with E-state index < -0.39 is 28.6 Å². The number of nitrogens with two attached hydrogens (primary N) is 1. The number of hydrogen-bond acceptors (Lipinski definition) is 11. The van der Waals surface area contributed by atoms with Crippen LogP contribution in [0.3, 0.4) is 0 Å². The number of fused-ring (bicyclic) bond motifs is 1. The van der Waals surface area contributed by atoms with Crippen molar-refractivity contribution in [2.24, 2.45) is 42.9 Å². The number of amidine groups is 1. The zero-order valence-electron chi connectivity index (χ0n) is 18.6. The molecule has 1 heterocycles. The number of nitriles is 2. The first kappa shape index (κ1) is 23.8. The summed E-state index contributed by atoms with van der Waals surface area (Å²) in [6.07, 6.45) is 1.65. The van der Waals surface area contributed by atoms with Gasteiger partial charge in [0.2, 0.25) is 5.41 Å². The summed E-state index contributed by atoms with van der Waals surface area (Å²) in [5.41, 5.74) is 3.98. The van der Waals surface area contributed by atoms with Crippen LogP contribution in [0.25, 0.3) is 0 Å². The molecule has 1 fully saturated rings. The molecule has 3 unspecified atom stereocenters. The third kappa shape index (κ3) is 3.40. The molecule has 2 rings (SSSR count). The van der Waals surface area contributed by atoms with Gasteiger partial charge < -0.3 is 20.2 Å². The lowest BCUT2D eigenvalue weighted by Crippen LogP contribution is -2.42. The van der Waals surface area contributed by atoms with Crippen molar-refractivity contribution in [2.45, 2.75) is 66.7 Å². The number of aliphatic imine (C=N–C) groups is 1. The lowest BCUT2D eigenvalue weighted by atomic mass is 9.94. The summed E-state index contributed by atoms with van der Waals surface area (Å²) in [5, 5.41) is 31.8. The largest absolute Gasteiger partial charge is 0.421 e. The summed E-state index contributed by atoms with van der Waals surface area (Å²) in [6, 6.07) is 3.95. The van der Waals surface area contributed by atoms with Gasteiger partial charge in [-0.25, -0.2) is 4.79 Å². The van der Waals surface area contributed by atoms with Crippen molar-refractivity contribution in [3.05, 3.63) is 0 Å². The average Bonchev–Trinajstić information content (AvgIpc) is 3.37. The van der Waals surface area contributed by atoms with Gasteiger partial charge in [-0.1, -0.05) is 36.2 Å². The van der Waals surface area contributed by atoms with Gasteiger partial charge >= 0.3 is 11.9 Å². The van der Waals surface area contributed by atoms with Gasteiger partial charge in [0.05, 0.1) is 29.3 Å². The molecule has 0 saturated heterocycles. The molecule has 2 N–H and O–H groups in total. The minimum Gasteiger partial charge on any atom is -0.386 e. The van der Waals surface area contributed by atoms with Crippen LogP contribution in [0.5, 0.6) is 0 Å². The van der Waals surface area contributed by atoms with E-state index in [1.54, 1.807) is 20.8 Å². The Morgan fingerprint density at radius 1 is 1.00 bits per heavy atom. The Morgan fingerprint density at radius 3 is 1.90 bits per heavy atom. The average molecular weight is 429 g/mol. The molecule has 2 aliphatic rings. The number of carbonyl (C=O) groups is 1. The fraction of sp³-hybridized carbons (Fsp3) is 0.650. The molecule has 0 bridgehead atoms. The van der Waals surface area contributed by atoms with E-state index in [2.05, 4.69) is 20.5 Å². The van der Waals surface area contributed by atoms with Crippen molar-refractivity contribution in [2.75, 3.05) is 0 Å². The molecule has 0 aromatic heterocycles. The second-order valence-corrected chi connectivity index (χ2v) is 7.48. The monoisotopic (exact) mass is 429 g/mol. The predicted molar refractivity (Wildman–Crippen MR) is 112 cm³/mol. The maximum Gasteiger partial charge on any atom is 0.421 e. The van der Waals surface area contributed by atoms with Crippen LogP contribution in [0.4, 0.5) is 0 Å². The molecule has 1 saturated carbocycles. The maximum absolute atomic E-state index is 12.9. The van der Waals surface area contributed by atoms with E-state index in [4.69, 9.17) is 20.2 Å². The van der Waals surface area contributed by atoms with Gasteiger partial charge in [-0.05, 0) is 40.0 Å². The highest BCUT2D eigenvalue weighted by Crippen LogP contribution is 2.78. The zero-order chi connectivity index (χ0) is 23.4. The molecule has 31 heavy (non-hydrogen) atoms. The first-order valence-electron chi connectivity index (χ1n) is 10.0. The number of nitrogens with zero attached hydrogens (tertiary/aromatic N) is 6. The topological polar surface area (TPSA) is 168 Å². The van der Waals surface area contributed by atoms with Crippen molar-refractivity contribution in [3.63, 3.8) is 0 Å².